The Morgan fingerprint density at radius 2 is 1.92 bits per heavy atom. The van der Waals surface area contributed by atoms with E-state index < -0.39 is 0 Å². The molecule has 3 aliphatic rings. The molecule has 3 heteroatoms. The number of aromatic nitrogens is 1. The first-order valence-corrected chi connectivity index (χ1v) is 10.6. The van der Waals surface area contributed by atoms with Crippen LogP contribution in [0.1, 0.15) is 76.3 Å². The van der Waals surface area contributed by atoms with Crippen molar-refractivity contribution in [1.82, 2.24) is 10.3 Å². The van der Waals surface area contributed by atoms with Crippen molar-refractivity contribution >= 4 is 0 Å². The molecule has 2 heterocycles. The second kappa shape index (κ2) is 7.75. The first kappa shape index (κ1) is 17.5. The fraction of sp³-hybridized carbons (Fsp3) is 0.773. The van der Waals surface area contributed by atoms with Crippen LogP contribution in [0.5, 0.6) is 0 Å². The van der Waals surface area contributed by atoms with Gasteiger partial charge in [0.2, 0.25) is 0 Å². The van der Waals surface area contributed by atoms with Gasteiger partial charge in [0.1, 0.15) is 0 Å². The monoisotopic (exact) mass is 342 g/mol. The highest BCUT2D eigenvalue weighted by Gasteiger charge is 2.48. The third-order valence-electron chi connectivity index (χ3n) is 7.06. The third-order valence-corrected chi connectivity index (χ3v) is 7.06. The van der Waals surface area contributed by atoms with Crippen LogP contribution >= 0.6 is 0 Å². The van der Waals surface area contributed by atoms with Gasteiger partial charge in [-0.3, -0.25) is 4.98 Å². The topological polar surface area (TPSA) is 34.1 Å². The van der Waals surface area contributed by atoms with Gasteiger partial charge in [-0.25, -0.2) is 0 Å². The Hall–Kier alpha value is -0.930. The van der Waals surface area contributed by atoms with E-state index in [2.05, 4.69) is 17.4 Å². The summed E-state index contributed by atoms with van der Waals surface area (Å²) in [5, 5.41) is 3.78. The van der Waals surface area contributed by atoms with E-state index in [9.17, 15) is 0 Å². The number of hydrogen-bond donors (Lipinski definition) is 1. The molecule has 3 nitrogen and oxygen atoms in total. The number of pyridine rings is 1. The molecule has 1 aliphatic heterocycles. The van der Waals surface area contributed by atoms with Crippen LogP contribution in [0.3, 0.4) is 0 Å². The average Bonchev–Trinajstić information content (AvgIpc) is 3.32. The predicted molar refractivity (Wildman–Crippen MR) is 102 cm³/mol. The van der Waals surface area contributed by atoms with Gasteiger partial charge in [0.15, 0.2) is 0 Å². The summed E-state index contributed by atoms with van der Waals surface area (Å²) >= 11 is 0. The van der Waals surface area contributed by atoms with Crippen molar-refractivity contribution in [2.45, 2.75) is 81.6 Å². The van der Waals surface area contributed by atoms with Crippen molar-refractivity contribution in [1.29, 1.82) is 0 Å². The van der Waals surface area contributed by atoms with Crippen molar-refractivity contribution in [2.24, 2.45) is 5.92 Å². The molecule has 0 amide bonds. The quantitative estimate of drug-likeness (QED) is 0.767. The summed E-state index contributed by atoms with van der Waals surface area (Å²) < 4.78 is 6.34. The van der Waals surface area contributed by atoms with E-state index >= 15 is 0 Å². The molecule has 3 fully saturated rings. The zero-order valence-electron chi connectivity index (χ0n) is 15.6. The summed E-state index contributed by atoms with van der Waals surface area (Å²) in [5.74, 6) is 0.918. The Kier molecular flexibility index (Phi) is 5.42. The van der Waals surface area contributed by atoms with Gasteiger partial charge >= 0.3 is 0 Å². The highest BCUT2D eigenvalue weighted by Crippen LogP contribution is 2.49. The summed E-state index contributed by atoms with van der Waals surface area (Å²) in [6.07, 6.45) is 16.3. The lowest BCUT2D eigenvalue weighted by Gasteiger charge is -2.46. The van der Waals surface area contributed by atoms with Crippen LogP contribution < -0.4 is 5.32 Å². The summed E-state index contributed by atoms with van der Waals surface area (Å²) in [6.45, 7) is 3.22. The molecule has 2 aliphatic carbocycles. The van der Waals surface area contributed by atoms with Crippen molar-refractivity contribution in [3.63, 3.8) is 0 Å². The van der Waals surface area contributed by atoms with Crippen LogP contribution in [0.15, 0.2) is 24.4 Å². The van der Waals surface area contributed by atoms with Gasteiger partial charge in [0, 0.05) is 23.9 Å². The van der Waals surface area contributed by atoms with Gasteiger partial charge in [-0.2, -0.15) is 0 Å². The van der Waals surface area contributed by atoms with Crippen LogP contribution in [0.4, 0.5) is 0 Å². The Morgan fingerprint density at radius 1 is 1.08 bits per heavy atom. The molecule has 0 aromatic carbocycles. The zero-order chi connectivity index (χ0) is 17.0. The lowest BCUT2D eigenvalue weighted by molar-refractivity contribution is -0.104. The maximum absolute atomic E-state index is 6.34. The Labute approximate surface area is 153 Å². The number of nitrogens with zero attached hydrogens (tertiary/aromatic N) is 1. The fourth-order valence-electron chi connectivity index (χ4n) is 5.64. The van der Waals surface area contributed by atoms with Crippen LogP contribution in [-0.4, -0.2) is 30.3 Å². The minimum Gasteiger partial charge on any atom is -0.375 e. The second-order valence-electron chi connectivity index (χ2n) is 8.77. The van der Waals surface area contributed by atoms with E-state index in [0.29, 0.717) is 0 Å². The number of hydrogen-bond acceptors (Lipinski definition) is 3. The predicted octanol–water partition coefficient (Wildman–Crippen LogP) is 4.61. The van der Waals surface area contributed by atoms with Crippen LogP contribution in [0.2, 0.25) is 0 Å². The lowest BCUT2D eigenvalue weighted by atomic mass is 9.68. The summed E-state index contributed by atoms with van der Waals surface area (Å²) in [4.78, 5) is 4.80. The van der Waals surface area contributed by atoms with Gasteiger partial charge in [-0.05, 0) is 76.1 Å². The highest BCUT2D eigenvalue weighted by molar-refractivity contribution is 5.20. The zero-order valence-corrected chi connectivity index (χ0v) is 15.6. The fourth-order valence-corrected chi connectivity index (χ4v) is 5.64. The first-order valence-electron chi connectivity index (χ1n) is 10.6. The molecule has 1 atom stereocenters. The maximum Gasteiger partial charge on any atom is 0.0691 e. The van der Waals surface area contributed by atoms with E-state index in [1.54, 1.807) is 0 Å². The van der Waals surface area contributed by atoms with Crippen molar-refractivity contribution in [3.8, 4) is 0 Å². The van der Waals surface area contributed by atoms with Gasteiger partial charge in [-0.15, -0.1) is 0 Å². The average molecular weight is 343 g/mol. The Balaban J connectivity index is 1.44. The molecular formula is C22H34N2O. The molecule has 1 aromatic heterocycles. The van der Waals surface area contributed by atoms with E-state index in [1.165, 1.54) is 76.4 Å². The van der Waals surface area contributed by atoms with Gasteiger partial charge in [0.25, 0.3) is 0 Å². The molecule has 25 heavy (non-hydrogen) atoms. The minimum absolute atomic E-state index is 0.140. The molecule has 0 bridgehead atoms. The Bertz CT molecular complexity index is 534. The number of nitrogens with one attached hydrogen (secondary N) is 1. The molecule has 1 saturated heterocycles. The number of ether oxygens (including phenoxy) is 1. The molecular weight excluding hydrogens is 308 g/mol. The second-order valence-corrected chi connectivity index (χ2v) is 8.77. The molecule has 1 aromatic rings. The van der Waals surface area contributed by atoms with Gasteiger partial charge < -0.3 is 10.1 Å². The van der Waals surface area contributed by atoms with E-state index in [-0.39, 0.29) is 11.0 Å². The molecule has 138 valence electrons. The molecule has 0 unspecified atom stereocenters. The molecule has 1 spiro atoms. The SMILES string of the molecule is c1ccc([C@]2(CCNCC3CCCC3)CCOC3(CCCC3)C2)nc1. The maximum atomic E-state index is 6.34. The highest BCUT2D eigenvalue weighted by atomic mass is 16.5. The molecule has 0 radical (unpaired) electrons. The molecule has 4 rings (SSSR count). The standard InChI is InChI=1S/C22H34N2O/c1-2-8-19(7-1)17-23-15-12-21(20-9-3-6-14-24-20)13-16-25-22(18-21)10-4-5-11-22/h3,6,9,14,19,23H,1-2,4-5,7-8,10-13,15-18H2/t21-/m1/s1. The Morgan fingerprint density at radius 3 is 2.68 bits per heavy atom. The van der Waals surface area contributed by atoms with Crippen LogP contribution in [0.25, 0.3) is 0 Å². The van der Waals surface area contributed by atoms with Gasteiger partial charge in [0.05, 0.1) is 5.60 Å². The lowest BCUT2D eigenvalue weighted by Crippen LogP contribution is -2.47. The van der Waals surface area contributed by atoms with E-state index in [1.807, 2.05) is 12.3 Å². The number of rotatable bonds is 6. The normalized spacial score (nSPS) is 29.4. The van der Waals surface area contributed by atoms with Crippen molar-refractivity contribution in [2.75, 3.05) is 19.7 Å². The molecule has 1 N–H and O–H groups in total. The first-order chi connectivity index (χ1) is 12.3. The smallest absolute Gasteiger partial charge is 0.0691 e. The van der Waals surface area contributed by atoms with Crippen molar-refractivity contribution < 1.29 is 4.74 Å². The van der Waals surface area contributed by atoms with E-state index in [4.69, 9.17) is 9.72 Å². The summed E-state index contributed by atoms with van der Waals surface area (Å²) in [6, 6.07) is 6.46. The third kappa shape index (κ3) is 3.93. The van der Waals surface area contributed by atoms with Crippen LogP contribution in [0, 0.1) is 5.92 Å². The van der Waals surface area contributed by atoms with Crippen molar-refractivity contribution in [3.05, 3.63) is 30.1 Å². The summed E-state index contributed by atoms with van der Waals surface area (Å²) in [5.41, 5.74) is 1.64. The molecule has 2 saturated carbocycles. The van der Waals surface area contributed by atoms with Gasteiger partial charge in [-0.1, -0.05) is 31.7 Å². The largest absolute Gasteiger partial charge is 0.375 e. The minimum atomic E-state index is 0.140. The summed E-state index contributed by atoms with van der Waals surface area (Å²) in [7, 11) is 0. The van der Waals surface area contributed by atoms with E-state index in [0.717, 1.165) is 25.5 Å². The van der Waals surface area contributed by atoms with Crippen LogP contribution in [-0.2, 0) is 10.2 Å².